The normalized spacial score (nSPS) is 34.4. The second kappa shape index (κ2) is 4.03. The lowest BCUT2D eigenvalue weighted by Crippen LogP contribution is -2.35. The molecular formula is C14H18O4. The van der Waals surface area contributed by atoms with Crippen LogP contribution in [0.1, 0.15) is 12.5 Å². The van der Waals surface area contributed by atoms with Gasteiger partial charge in [-0.2, -0.15) is 0 Å². The summed E-state index contributed by atoms with van der Waals surface area (Å²) in [5.41, 5.74) is 0.145. The molecule has 2 N–H and O–H groups in total. The molecule has 98 valence electrons. The van der Waals surface area contributed by atoms with Crippen LogP contribution in [0.25, 0.3) is 0 Å². The van der Waals surface area contributed by atoms with Gasteiger partial charge in [-0.05, 0) is 5.56 Å². The van der Waals surface area contributed by atoms with Crippen LogP contribution < -0.4 is 0 Å². The Morgan fingerprint density at radius 3 is 2.39 bits per heavy atom. The van der Waals surface area contributed by atoms with Crippen molar-refractivity contribution in [2.45, 2.75) is 24.7 Å². The first-order valence-electron chi connectivity index (χ1n) is 6.23. The topological polar surface area (TPSA) is 65.5 Å². The summed E-state index contributed by atoms with van der Waals surface area (Å²) < 4.78 is 11.3. The van der Waals surface area contributed by atoms with E-state index in [1.54, 1.807) is 0 Å². The summed E-state index contributed by atoms with van der Waals surface area (Å²) in [6.07, 6.45) is -0.209. The highest BCUT2D eigenvalue weighted by atomic mass is 16.7. The summed E-state index contributed by atoms with van der Waals surface area (Å²) in [5.74, 6) is 0. The summed E-state index contributed by atoms with van der Waals surface area (Å²) in [4.78, 5) is 0. The van der Waals surface area contributed by atoms with Crippen LogP contribution in [-0.2, 0) is 15.1 Å². The maximum atomic E-state index is 9.39. The van der Waals surface area contributed by atoms with Crippen molar-refractivity contribution >= 4 is 0 Å². The Balaban J connectivity index is 1.79. The molecule has 2 fully saturated rings. The minimum Gasteiger partial charge on any atom is -0.396 e. The number of benzene rings is 1. The Hall–Kier alpha value is -0.940. The first kappa shape index (κ1) is 12.1. The highest BCUT2D eigenvalue weighted by Gasteiger charge is 2.68. The highest BCUT2D eigenvalue weighted by molar-refractivity contribution is 5.32. The molecule has 1 aromatic carbocycles. The van der Waals surface area contributed by atoms with E-state index in [1.807, 2.05) is 37.3 Å². The molecule has 4 nitrogen and oxygen atoms in total. The van der Waals surface area contributed by atoms with E-state index in [4.69, 9.17) is 9.47 Å². The maximum absolute atomic E-state index is 9.39. The Kier molecular flexibility index (Phi) is 2.71. The molecule has 4 heteroatoms. The number of hydrogen-bond donors (Lipinski definition) is 2. The first-order valence-corrected chi connectivity index (χ1v) is 6.23. The molecular weight excluding hydrogens is 232 g/mol. The smallest absolute Gasteiger partial charge is 0.145 e. The third kappa shape index (κ3) is 1.68. The Bertz CT molecular complexity index is 423. The van der Waals surface area contributed by atoms with Gasteiger partial charge >= 0.3 is 0 Å². The van der Waals surface area contributed by atoms with E-state index in [0.29, 0.717) is 6.61 Å². The lowest BCUT2D eigenvalue weighted by Gasteiger charge is -2.22. The van der Waals surface area contributed by atoms with Crippen molar-refractivity contribution in [1.29, 1.82) is 0 Å². The van der Waals surface area contributed by atoms with Crippen LogP contribution in [0, 0.1) is 5.41 Å². The molecule has 0 spiro atoms. The van der Waals surface area contributed by atoms with Crippen molar-refractivity contribution < 1.29 is 19.7 Å². The summed E-state index contributed by atoms with van der Waals surface area (Å²) in [5, 5.41) is 18.8. The summed E-state index contributed by atoms with van der Waals surface area (Å²) in [6, 6.07) is 9.99. The third-order valence-corrected chi connectivity index (χ3v) is 4.08. The van der Waals surface area contributed by atoms with Gasteiger partial charge in [-0.1, -0.05) is 37.3 Å². The van der Waals surface area contributed by atoms with Crippen molar-refractivity contribution in [3.63, 3.8) is 0 Å². The van der Waals surface area contributed by atoms with Gasteiger partial charge in [-0.15, -0.1) is 0 Å². The molecule has 0 amide bonds. The van der Waals surface area contributed by atoms with Crippen LogP contribution in [0.3, 0.4) is 0 Å². The van der Waals surface area contributed by atoms with Gasteiger partial charge in [0, 0.05) is 5.41 Å². The molecule has 1 aromatic rings. The average molecular weight is 250 g/mol. The Labute approximate surface area is 106 Å². The molecule has 0 bridgehead atoms. The lowest BCUT2D eigenvalue weighted by molar-refractivity contribution is 0.0452. The summed E-state index contributed by atoms with van der Waals surface area (Å²) in [6.45, 7) is 2.30. The van der Waals surface area contributed by atoms with Crippen LogP contribution in [0.5, 0.6) is 0 Å². The molecule has 18 heavy (non-hydrogen) atoms. The molecule has 2 heterocycles. The van der Waals surface area contributed by atoms with Crippen LogP contribution >= 0.6 is 0 Å². The number of ether oxygens (including phenoxy) is 2. The number of aliphatic hydroxyl groups excluding tert-OH is 2. The number of rotatable bonds is 5. The largest absolute Gasteiger partial charge is 0.396 e. The molecule has 3 rings (SSSR count). The van der Waals surface area contributed by atoms with Gasteiger partial charge in [0.25, 0.3) is 0 Å². The predicted molar refractivity (Wildman–Crippen MR) is 65.0 cm³/mol. The van der Waals surface area contributed by atoms with Crippen LogP contribution in [-0.4, -0.2) is 42.2 Å². The highest BCUT2D eigenvalue weighted by Crippen LogP contribution is 2.55. The van der Waals surface area contributed by atoms with Crippen LogP contribution in [0.15, 0.2) is 30.3 Å². The van der Waals surface area contributed by atoms with Gasteiger partial charge < -0.3 is 19.7 Å². The summed E-state index contributed by atoms with van der Waals surface area (Å²) in [7, 11) is 0. The van der Waals surface area contributed by atoms with Crippen molar-refractivity contribution in [3.05, 3.63) is 35.9 Å². The van der Waals surface area contributed by atoms with Crippen LogP contribution in [0.2, 0.25) is 0 Å². The zero-order valence-electron chi connectivity index (χ0n) is 10.4. The second-order valence-electron chi connectivity index (χ2n) is 5.49. The molecule has 0 aliphatic carbocycles. The zero-order valence-corrected chi connectivity index (χ0v) is 10.4. The van der Waals surface area contributed by atoms with E-state index >= 15 is 0 Å². The third-order valence-electron chi connectivity index (χ3n) is 4.08. The number of aliphatic hydroxyl groups is 2. The minimum atomic E-state index is -0.599. The fourth-order valence-electron chi connectivity index (χ4n) is 2.52. The quantitative estimate of drug-likeness (QED) is 0.754. The monoisotopic (exact) mass is 250 g/mol. The fraction of sp³-hybridized carbons (Fsp3) is 0.571. The maximum Gasteiger partial charge on any atom is 0.145 e. The minimum absolute atomic E-state index is 0.0656. The molecule has 2 saturated heterocycles. The van der Waals surface area contributed by atoms with Crippen molar-refractivity contribution in [2.24, 2.45) is 5.41 Å². The van der Waals surface area contributed by atoms with Crippen LogP contribution in [0.4, 0.5) is 0 Å². The predicted octanol–water partition coefficient (Wildman–Crippen LogP) is 0.670. The SMILES string of the molecule is CC(CO)(CO)C1OC1C1(c2ccccc2)CO1. The molecule has 0 saturated carbocycles. The van der Waals surface area contributed by atoms with Crippen molar-refractivity contribution in [3.8, 4) is 0 Å². The van der Waals surface area contributed by atoms with E-state index in [0.717, 1.165) is 5.56 Å². The number of hydrogen-bond acceptors (Lipinski definition) is 4. The second-order valence-corrected chi connectivity index (χ2v) is 5.49. The molecule has 0 aromatic heterocycles. The van der Waals surface area contributed by atoms with E-state index in [9.17, 15) is 10.2 Å². The first-order chi connectivity index (χ1) is 8.66. The van der Waals surface area contributed by atoms with Crippen molar-refractivity contribution in [2.75, 3.05) is 19.8 Å². The molecule has 2 aliphatic heterocycles. The Morgan fingerprint density at radius 2 is 1.89 bits per heavy atom. The zero-order chi connectivity index (χ0) is 12.8. The molecule has 3 atom stereocenters. The fourth-order valence-corrected chi connectivity index (χ4v) is 2.52. The standard InChI is InChI=1S/C14H18O4/c1-13(7-15,8-16)11-12(18-11)14(9-17-14)10-5-3-2-4-6-10/h2-6,11-12,15-16H,7-9H2,1H3. The van der Waals surface area contributed by atoms with E-state index in [-0.39, 0.29) is 31.0 Å². The van der Waals surface area contributed by atoms with Gasteiger partial charge in [0.15, 0.2) is 0 Å². The summed E-state index contributed by atoms with van der Waals surface area (Å²) >= 11 is 0. The van der Waals surface area contributed by atoms with E-state index in [1.165, 1.54) is 0 Å². The van der Waals surface area contributed by atoms with Crippen molar-refractivity contribution in [1.82, 2.24) is 0 Å². The number of epoxide rings is 2. The van der Waals surface area contributed by atoms with Gasteiger partial charge in [-0.3, -0.25) is 0 Å². The molecule has 2 aliphatic rings. The van der Waals surface area contributed by atoms with Gasteiger partial charge in [0.05, 0.1) is 25.9 Å². The van der Waals surface area contributed by atoms with E-state index < -0.39 is 5.41 Å². The average Bonchev–Trinajstić information content (AvgIpc) is 3.30. The Morgan fingerprint density at radius 1 is 1.28 bits per heavy atom. The van der Waals surface area contributed by atoms with Gasteiger partial charge in [0.1, 0.15) is 11.7 Å². The molecule has 3 unspecified atom stereocenters. The molecule has 0 radical (unpaired) electrons. The van der Waals surface area contributed by atoms with Gasteiger partial charge in [0.2, 0.25) is 0 Å². The van der Waals surface area contributed by atoms with Gasteiger partial charge in [-0.25, -0.2) is 0 Å². The van der Waals surface area contributed by atoms with E-state index in [2.05, 4.69) is 0 Å². The lowest BCUT2D eigenvalue weighted by atomic mass is 9.82.